The van der Waals surface area contributed by atoms with Crippen LogP contribution >= 0.6 is 0 Å². The summed E-state index contributed by atoms with van der Waals surface area (Å²) in [6, 6.07) is 0. The minimum atomic E-state index is -0.505. The molecule has 1 heterocycles. The molecule has 0 aromatic carbocycles. The van der Waals surface area contributed by atoms with Crippen LogP contribution in [0.3, 0.4) is 0 Å². The standard InChI is InChI=1S/C3H6N4O/c1-8-3-5-2(4)6-7-3/h3H,1H3,(H2,4,5). The van der Waals surface area contributed by atoms with Gasteiger partial charge in [0.25, 0.3) is 6.35 Å². The van der Waals surface area contributed by atoms with E-state index in [0.29, 0.717) is 0 Å². The zero-order valence-electron chi connectivity index (χ0n) is 4.40. The Kier molecular flexibility index (Phi) is 1.21. The number of azo groups is 1. The molecule has 1 aliphatic heterocycles. The molecule has 0 aromatic rings. The number of hydrogen-bond donors (Lipinski definition) is 1. The predicted molar refractivity (Wildman–Crippen MR) is 27.3 cm³/mol. The molecule has 1 rings (SSSR count). The van der Waals surface area contributed by atoms with E-state index in [2.05, 4.69) is 20.0 Å². The highest BCUT2D eigenvalue weighted by atomic mass is 16.5. The number of rotatable bonds is 1. The van der Waals surface area contributed by atoms with Gasteiger partial charge in [-0.05, 0) is 0 Å². The van der Waals surface area contributed by atoms with E-state index in [9.17, 15) is 0 Å². The van der Waals surface area contributed by atoms with Gasteiger partial charge in [-0.25, -0.2) is 0 Å². The highest BCUT2D eigenvalue weighted by Crippen LogP contribution is 2.01. The van der Waals surface area contributed by atoms with Gasteiger partial charge in [-0.2, -0.15) is 4.99 Å². The Balaban J connectivity index is 2.55. The monoisotopic (exact) mass is 114 g/mol. The number of nitrogens with zero attached hydrogens (tertiary/aromatic N) is 3. The van der Waals surface area contributed by atoms with E-state index in [1.54, 1.807) is 0 Å². The van der Waals surface area contributed by atoms with E-state index >= 15 is 0 Å². The first-order valence-electron chi connectivity index (χ1n) is 2.10. The summed E-state index contributed by atoms with van der Waals surface area (Å²) in [7, 11) is 1.49. The second kappa shape index (κ2) is 1.87. The van der Waals surface area contributed by atoms with Gasteiger partial charge in [0.05, 0.1) is 0 Å². The van der Waals surface area contributed by atoms with E-state index in [1.165, 1.54) is 7.11 Å². The lowest BCUT2D eigenvalue weighted by Gasteiger charge is -1.93. The molecule has 5 heteroatoms. The SMILES string of the molecule is COC1N=NC(N)=N1. The molecular weight excluding hydrogens is 108 g/mol. The Hall–Kier alpha value is -0.970. The maximum atomic E-state index is 5.11. The van der Waals surface area contributed by atoms with Crippen LogP contribution in [0.25, 0.3) is 0 Å². The van der Waals surface area contributed by atoms with Gasteiger partial charge in [-0.15, -0.1) is 10.2 Å². The summed E-state index contributed by atoms with van der Waals surface area (Å²) in [5.74, 6) is 0.178. The first-order chi connectivity index (χ1) is 3.83. The average Bonchev–Trinajstić information content (AvgIpc) is 2.14. The topological polar surface area (TPSA) is 72.3 Å². The predicted octanol–water partition coefficient (Wildman–Crippen LogP) is -0.303. The molecule has 0 radical (unpaired) electrons. The molecule has 0 fully saturated rings. The molecule has 0 saturated heterocycles. The fourth-order valence-corrected chi connectivity index (χ4v) is 0.373. The lowest BCUT2D eigenvalue weighted by molar-refractivity contribution is 0.117. The third kappa shape index (κ3) is 0.812. The second-order valence-corrected chi connectivity index (χ2v) is 1.26. The van der Waals surface area contributed by atoms with Crippen molar-refractivity contribution in [3.63, 3.8) is 0 Å². The van der Waals surface area contributed by atoms with Crippen LogP contribution in [0.1, 0.15) is 0 Å². The highest BCUT2D eigenvalue weighted by Gasteiger charge is 2.07. The van der Waals surface area contributed by atoms with Crippen molar-refractivity contribution in [2.45, 2.75) is 6.35 Å². The zero-order chi connectivity index (χ0) is 5.98. The molecule has 44 valence electrons. The molecule has 0 amide bonds. The summed E-state index contributed by atoms with van der Waals surface area (Å²) in [5, 5.41) is 6.93. The summed E-state index contributed by atoms with van der Waals surface area (Å²) in [6.45, 7) is 0. The van der Waals surface area contributed by atoms with Crippen LogP contribution in [0.4, 0.5) is 0 Å². The molecule has 0 spiro atoms. The molecule has 1 unspecified atom stereocenters. The van der Waals surface area contributed by atoms with Crippen molar-refractivity contribution in [3.8, 4) is 0 Å². The van der Waals surface area contributed by atoms with Crippen molar-refractivity contribution in [1.82, 2.24) is 0 Å². The van der Waals surface area contributed by atoms with Gasteiger partial charge in [-0.1, -0.05) is 0 Å². The van der Waals surface area contributed by atoms with Gasteiger partial charge in [0.1, 0.15) is 0 Å². The van der Waals surface area contributed by atoms with Gasteiger partial charge in [-0.3, -0.25) is 0 Å². The molecule has 0 aliphatic carbocycles. The summed E-state index contributed by atoms with van der Waals surface area (Å²) in [4.78, 5) is 3.65. The molecule has 8 heavy (non-hydrogen) atoms. The third-order valence-electron chi connectivity index (χ3n) is 0.713. The second-order valence-electron chi connectivity index (χ2n) is 1.26. The van der Waals surface area contributed by atoms with Crippen molar-refractivity contribution in [2.24, 2.45) is 21.0 Å². The summed E-state index contributed by atoms with van der Waals surface area (Å²) >= 11 is 0. The fourth-order valence-electron chi connectivity index (χ4n) is 0.373. The Morgan fingerprint density at radius 1 is 1.75 bits per heavy atom. The summed E-state index contributed by atoms with van der Waals surface area (Å²) < 4.78 is 4.65. The maximum absolute atomic E-state index is 5.11. The van der Waals surface area contributed by atoms with Crippen LogP contribution in [-0.2, 0) is 4.74 Å². The molecular formula is C3H6N4O. The minimum absolute atomic E-state index is 0.178. The quantitative estimate of drug-likeness (QED) is 0.508. The van der Waals surface area contributed by atoms with Crippen molar-refractivity contribution in [3.05, 3.63) is 0 Å². The van der Waals surface area contributed by atoms with Crippen LogP contribution < -0.4 is 5.73 Å². The lowest BCUT2D eigenvalue weighted by Crippen LogP contribution is -2.06. The van der Waals surface area contributed by atoms with Crippen LogP contribution in [0.2, 0.25) is 0 Å². The Morgan fingerprint density at radius 3 is 2.75 bits per heavy atom. The van der Waals surface area contributed by atoms with Crippen LogP contribution in [0, 0.1) is 0 Å². The number of nitrogens with two attached hydrogens (primary N) is 1. The average molecular weight is 114 g/mol. The fraction of sp³-hybridized carbons (Fsp3) is 0.667. The van der Waals surface area contributed by atoms with Crippen LogP contribution in [0.15, 0.2) is 15.2 Å². The Bertz CT molecular complexity index is 140. The van der Waals surface area contributed by atoms with E-state index in [4.69, 9.17) is 5.73 Å². The van der Waals surface area contributed by atoms with Gasteiger partial charge in [0.15, 0.2) is 0 Å². The van der Waals surface area contributed by atoms with Crippen molar-refractivity contribution < 1.29 is 4.74 Å². The van der Waals surface area contributed by atoms with Gasteiger partial charge in [0, 0.05) is 7.11 Å². The number of ether oxygens (including phenoxy) is 1. The molecule has 0 aromatic heterocycles. The Labute approximate surface area is 46.3 Å². The largest absolute Gasteiger partial charge is 0.367 e. The first-order valence-corrected chi connectivity index (χ1v) is 2.10. The maximum Gasteiger partial charge on any atom is 0.267 e. The van der Waals surface area contributed by atoms with Crippen LogP contribution in [-0.4, -0.2) is 19.4 Å². The number of aliphatic imine (C=N–C) groups is 1. The molecule has 0 saturated carbocycles. The molecule has 2 N–H and O–H groups in total. The van der Waals surface area contributed by atoms with E-state index in [0.717, 1.165) is 0 Å². The minimum Gasteiger partial charge on any atom is -0.367 e. The first kappa shape index (κ1) is 5.17. The van der Waals surface area contributed by atoms with Crippen molar-refractivity contribution >= 4 is 5.96 Å². The van der Waals surface area contributed by atoms with Crippen LogP contribution in [0.5, 0.6) is 0 Å². The lowest BCUT2D eigenvalue weighted by atomic mass is 11.0. The Morgan fingerprint density at radius 2 is 2.50 bits per heavy atom. The molecule has 1 aliphatic rings. The normalized spacial score (nSPS) is 26.1. The van der Waals surface area contributed by atoms with Gasteiger partial charge >= 0.3 is 0 Å². The van der Waals surface area contributed by atoms with E-state index in [1.807, 2.05) is 0 Å². The van der Waals surface area contributed by atoms with Gasteiger partial charge in [0.2, 0.25) is 5.96 Å². The zero-order valence-corrected chi connectivity index (χ0v) is 4.40. The molecule has 0 bridgehead atoms. The number of methoxy groups -OCH3 is 1. The summed E-state index contributed by atoms with van der Waals surface area (Å²) in [6.07, 6.45) is -0.505. The summed E-state index contributed by atoms with van der Waals surface area (Å²) in [5.41, 5.74) is 5.11. The van der Waals surface area contributed by atoms with E-state index in [-0.39, 0.29) is 5.96 Å². The highest BCUT2D eigenvalue weighted by molar-refractivity contribution is 5.79. The molecule has 1 atom stereocenters. The number of guanidine groups is 1. The van der Waals surface area contributed by atoms with E-state index < -0.39 is 6.35 Å². The number of hydrogen-bond acceptors (Lipinski definition) is 5. The third-order valence-corrected chi connectivity index (χ3v) is 0.713. The smallest absolute Gasteiger partial charge is 0.267 e. The molecule has 5 nitrogen and oxygen atoms in total. The van der Waals surface area contributed by atoms with Gasteiger partial charge < -0.3 is 10.5 Å². The van der Waals surface area contributed by atoms with Crippen molar-refractivity contribution in [1.29, 1.82) is 0 Å². The van der Waals surface area contributed by atoms with Crippen molar-refractivity contribution in [2.75, 3.05) is 7.11 Å².